The average molecular weight is 483 g/mol. The summed E-state index contributed by atoms with van der Waals surface area (Å²) >= 11 is 13.7. The van der Waals surface area contributed by atoms with Crippen molar-refractivity contribution < 1.29 is 18.7 Å². The number of halogens is 3. The lowest BCUT2D eigenvalue weighted by molar-refractivity contribution is 0.102. The van der Waals surface area contributed by atoms with Crippen LogP contribution in [0.25, 0.3) is 0 Å². The zero-order valence-corrected chi connectivity index (χ0v) is 18.6. The number of carbonyl (C=O) groups is 1. The molecule has 7 nitrogen and oxygen atoms in total. The maximum absolute atomic E-state index is 13.8. The van der Waals surface area contributed by atoms with Crippen molar-refractivity contribution in [3.05, 3.63) is 61.8 Å². The molecule has 1 aliphatic heterocycles. The van der Waals surface area contributed by atoms with Crippen LogP contribution < -0.4 is 15.8 Å². The number of hydrogen-bond acceptors (Lipinski definition) is 7. The van der Waals surface area contributed by atoms with E-state index in [2.05, 4.69) is 15.5 Å². The molecule has 0 radical (unpaired) electrons. The SMILES string of the molecule is CC(Oc1cc(C(=O)Nc2cc3c(s2)COCC3)nnc1N)c1c(Cl)ccc(F)c1Cl. The highest BCUT2D eigenvalue weighted by Crippen LogP contribution is 2.36. The van der Waals surface area contributed by atoms with Crippen molar-refractivity contribution in [1.29, 1.82) is 0 Å². The number of carbonyl (C=O) groups excluding carboxylic acids is 1. The first-order valence-corrected chi connectivity index (χ1v) is 10.8. The quantitative estimate of drug-likeness (QED) is 0.494. The molecule has 11 heteroatoms. The van der Waals surface area contributed by atoms with Crippen LogP contribution >= 0.6 is 34.5 Å². The molecule has 0 saturated heterocycles. The number of ether oxygens (including phenoxy) is 2. The molecule has 3 aromatic rings. The normalized spacial score (nSPS) is 14.1. The van der Waals surface area contributed by atoms with E-state index in [0.717, 1.165) is 16.9 Å². The summed E-state index contributed by atoms with van der Waals surface area (Å²) in [4.78, 5) is 13.8. The summed E-state index contributed by atoms with van der Waals surface area (Å²) in [6.07, 6.45) is 0.0481. The fourth-order valence-electron chi connectivity index (χ4n) is 3.14. The second kappa shape index (κ2) is 8.96. The summed E-state index contributed by atoms with van der Waals surface area (Å²) < 4.78 is 25.1. The van der Waals surface area contributed by atoms with Crippen LogP contribution in [-0.4, -0.2) is 22.7 Å². The first-order valence-electron chi connectivity index (χ1n) is 9.27. The van der Waals surface area contributed by atoms with Gasteiger partial charge < -0.3 is 20.5 Å². The van der Waals surface area contributed by atoms with E-state index >= 15 is 0 Å². The van der Waals surface area contributed by atoms with Crippen LogP contribution in [0, 0.1) is 5.82 Å². The van der Waals surface area contributed by atoms with Crippen molar-refractivity contribution in [2.45, 2.75) is 26.1 Å². The van der Waals surface area contributed by atoms with Gasteiger partial charge in [0.25, 0.3) is 5.91 Å². The smallest absolute Gasteiger partial charge is 0.276 e. The third-order valence-corrected chi connectivity index (χ3v) is 6.47. The summed E-state index contributed by atoms with van der Waals surface area (Å²) in [5.74, 6) is -1.02. The molecule has 2 aromatic heterocycles. The fraction of sp³-hybridized carbons (Fsp3) is 0.250. The molecule has 1 aromatic carbocycles. The highest BCUT2D eigenvalue weighted by Gasteiger charge is 2.22. The first kappa shape index (κ1) is 21.8. The van der Waals surface area contributed by atoms with Crippen molar-refractivity contribution in [3.63, 3.8) is 0 Å². The van der Waals surface area contributed by atoms with Gasteiger partial charge in [0, 0.05) is 21.5 Å². The van der Waals surface area contributed by atoms with E-state index in [1.54, 1.807) is 6.92 Å². The fourth-order valence-corrected chi connectivity index (χ4v) is 4.86. The number of nitrogens with one attached hydrogen (secondary N) is 1. The maximum atomic E-state index is 13.8. The number of rotatable bonds is 5. The Kier molecular flexibility index (Phi) is 6.29. The monoisotopic (exact) mass is 482 g/mol. The Balaban J connectivity index is 1.54. The van der Waals surface area contributed by atoms with Crippen molar-refractivity contribution in [3.8, 4) is 5.75 Å². The van der Waals surface area contributed by atoms with Gasteiger partial charge in [-0.05, 0) is 37.1 Å². The van der Waals surface area contributed by atoms with Gasteiger partial charge in [0.15, 0.2) is 17.3 Å². The second-order valence-electron chi connectivity index (χ2n) is 6.81. The van der Waals surface area contributed by atoms with Gasteiger partial charge in [-0.1, -0.05) is 23.2 Å². The number of nitrogens with zero attached hydrogens (tertiary/aromatic N) is 2. The van der Waals surface area contributed by atoms with E-state index in [-0.39, 0.29) is 32.9 Å². The molecule has 4 rings (SSSR count). The van der Waals surface area contributed by atoms with Gasteiger partial charge in [-0.25, -0.2) is 4.39 Å². The zero-order valence-electron chi connectivity index (χ0n) is 16.2. The minimum atomic E-state index is -0.762. The molecule has 0 fully saturated rings. The molecule has 0 saturated carbocycles. The van der Waals surface area contributed by atoms with Crippen LogP contribution in [0.15, 0.2) is 24.3 Å². The third-order valence-electron chi connectivity index (χ3n) is 4.69. The van der Waals surface area contributed by atoms with E-state index < -0.39 is 17.8 Å². The largest absolute Gasteiger partial charge is 0.482 e. The number of hydrogen-bond donors (Lipinski definition) is 2. The predicted molar refractivity (Wildman–Crippen MR) is 118 cm³/mol. The molecule has 1 aliphatic rings. The Morgan fingerprint density at radius 2 is 2.16 bits per heavy atom. The number of thiophene rings is 1. The van der Waals surface area contributed by atoms with Gasteiger partial charge >= 0.3 is 0 Å². The molecule has 31 heavy (non-hydrogen) atoms. The van der Waals surface area contributed by atoms with Crippen LogP contribution in [0.4, 0.5) is 15.2 Å². The van der Waals surface area contributed by atoms with Gasteiger partial charge in [0.2, 0.25) is 0 Å². The van der Waals surface area contributed by atoms with Crippen molar-refractivity contribution >= 4 is 51.3 Å². The molecule has 1 unspecified atom stereocenters. The molecular formula is C20H17Cl2FN4O3S. The van der Waals surface area contributed by atoms with Crippen LogP contribution in [-0.2, 0) is 17.8 Å². The van der Waals surface area contributed by atoms with Crippen LogP contribution in [0.1, 0.15) is 39.5 Å². The maximum Gasteiger partial charge on any atom is 0.276 e. The molecule has 3 heterocycles. The van der Waals surface area contributed by atoms with Crippen molar-refractivity contribution in [1.82, 2.24) is 10.2 Å². The standard InChI is InChI=1S/C20H17Cl2FN4O3S/c1-9(17-11(21)2-3-12(23)18(17)22)30-14-7-13(26-27-19(14)24)20(28)25-16-6-10-4-5-29-8-15(10)31-16/h2-3,6-7,9H,4-5,8H2,1H3,(H2,24,27)(H,25,28). The molecule has 162 valence electrons. The van der Waals surface area contributed by atoms with E-state index in [9.17, 15) is 9.18 Å². The molecule has 0 bridgehead atoms. The van der Waals surface area contributed by atoms with Gasteiger partial charge in [-0.2, -0.15) is 0 Å². The van der Waals surface area contributed by atoms with E-state index in [1.165, 1.54) is 29.5 Å². The number of fused-ring (bicyclic) bond motifs is 1. The number of amides is 1. The number of aromatic nitrogens is 2. The summed E-state index contributed by atoms with van der Waals surface area (Å²) in [5.41, 5.74) is 7.29. The van der Waals surface area contributed by atoms with Crippen LogP contribution in [0.5, 0.6) is 5.75 Å². The van der Waals surface area contributed by atoms with E-state index in [1.807, 2.05) is 6.07 Å². The number of nitrogens with two attached hydrogens (primary N) is 1. The average Bonchev–Trinajstić information content (AvgIpc) is 3.15. The number of benzene rings is 1. The summed E-state index contributed by atoms with van der Waals surface area (Å²) in [6.45, 7) is 2.84. The van der Waals surface area contributed by atoms with E-state index in [0.29, 0.717) is 18.2 Å². The lowest BCUT2D eigenvalue weighted by Gasteiger charge is -2.18. The molecule has 0 aliphatic carbocycles. The number of nitrogen functional groups attached to an aromatic ring is 1. The second-order valence-corrected chi connectivity index (χ2v) is 8.73. The lowest BCUT2D eigenvalue weighted by Crippen LogP contribution is -2.15. The van der Waals surface area contributed by atoms with Gasteiger partial charge in [0.1, 0.15) is 11.9 Å². The van der Waals surface area contributed by atoms with Crippen LogP contribution in [0.2, 0.25) is 10.0 Å². The topological polar surface area (TPSA) is 99.4 Å². The lowest BCUT2D eigenvalue weighted by atomic mass is 10.1. The molecule has 1 atom stereocenters. The third kappa shape index (κ3) is 4.59. The molecular weight excluding hydrogens is 466 g/mol. The minimum absolute atomic E-state index is 0.00968. The molecule has 1 amide bonds. The highest BCUT2D eigenvalue weighted by atomic mass is 35.5. The zero-order chi connectivity index (χ0) is 22.1. The van der Waals surface area contributed by atoms with Gasteiger partial charge in [-0.15, -0.1) is 21.5 Å². The van der Waals surface area contributed by atoms with Gasteiger partial charge in [0.05, 0.1) is 23.2 Å². The molecule has 0 spiro atoms. The van der Waals surface area contributed by atoms with Crippen molar-refractivity contribution in [2.75, 3.05) is 17.7 Å². The Hall–Kier alpha value is -2.46. The summed E-state index contributed by atoms with van der Waals surface area (Å²) in [6, 6.07) is 5.85. The van der Waals surface area contributed by atoms with E-state index in [4.69, 9.17) is 38.4 Å². The highest BCUT2D eigenvalue weighted by molar-refractivity contribution is 7.16. The predicted octanol–water partition coefficient (Wildman–Crippen LogP) is 5.03. The summed E-state index contributed by atoms with van der Waals surface area (Å²) in [5, 5.41) is 11.2. The van der Waals surface area contributed by atoms with Crippen LogP contribution in [0.3, 0.4) is 0 Å². The Morgan fingerprint density at radius 1 is 1.35 bits per heavy atom. The Labute approximate surface area is 191 Å². The first-order chi connectivity index (χ1) is 14.8. The minimum Gasteiger partial charge on any atom is -0.482 e. The number of anilines is 2. The van der Waals surface area contributed by atoms with Crippen molar-refractivity contribution in [2.24, 2.45) is 0 Å². The van der Waals surface area contributed by atoms with Gasteiger partial charge in [-0.3, -0.25) is 4.79 Å². The molecule has 3 N–H and O–H groups in total. The Morgan fingerprint density at radius 3 is 2.94 bits per heavy atom. The Bertz CT molecular complexity index is 1130. The summed E-state index contributed by atoms with van der Waals surface area (Å²) in [7, 11) is 0.